The molecule has 3 N–H and O–H groups in total. The van der Waals surface area contributed by atoms with Gasteiger partial charge in [-0.05, 0) is 12.8 Å². The van der Waals surface area contributed by atoms with Crippen LogP contribution >= 0.6 is 11.6 Å². The summed E-state index contributed by atoms with van der Waals surface area (Å²) in [5.41, 5.74) is 2.63. The van der Waals surface area contributed by atoms with Crippen molar-refractivity contribution in [1.29, 1.82) is 0 Å². The van der Waals surface area contributed by atoms with E-state index in [4.69, 9.17) is 11.6 Å². The highest BCUT2D eigenvalue weighted by Gasteiger charge is 2.43. The summed E-state index contributed by atoms with van der Waals surface area (Å²) in [7, 11) is 0. The number of halogens is 1. The molecule has 8 heteroatoms. The summed E-state index contributed by atoms with van der Waals surface area (Å²) in [4.78, 5) is 13.9. The lowest BCUT2D eigenvalue weighted by Gasteiger charge is -2.25. The van der Waals surface area contributed by atoms with Gasteiger partial charge in [-0.25, -0.2) is 4.79 Å². The Hall–Kier alpha value is -1.31. The lowest BCUT2D eigenvalue weighted by atomic mass is 10.1. The molecular weight excluding hydrogens is 258 g/mol. The third-order valence-corrected chi connectivity index (χ3v) is 3.69. The number of rotatable bonds is 2. The Morgan fingerprint density at radius 2 is 2.44 bits per heavy atom. The summed E-state index contributed by atoms with van der Waals surface area (Å²) in [5, 5.41) is 17.4. The quantitative estimate of drug-likeness (QED) is 0.363. The van der Waals surface area contributed by atoms with Crippen LogP contribution in [0, 0.1) is 5.21 Å². The topological polar surface area (TPSA) is 92.4 Å². The van der Waals surface area contributed by atoms with Crippen LogP contribution < -0.4 is 16.1 Å². The van der Waals surface area contributed by atoms with Gasteiger partial charge in [-0.3, -0.25) is 10.2 Å². The van der Waals surface area contributed by atoms with Crippen LogP contribution in [0.3, 0.4) is 0 Å². The van der Waals surface area contributed by atoms with E-state index in [1.165, 1.54) is 6.42 Å². The average molecular weight is 272 g/mol. The van der Waals surface area contributed by atoms with E-state index in [9.17, 15) is 10.0 Å². The highest BCUT2D eigenvalue weighted by atomic mass is 35.5. The molecule has 0 aliphatic carbocycles. The Balaban J connectivity index is 1.74. The van der Waals surface area contributed by atoms with Gasteiger partial charge in [0.25, 0.3) is 0 Å². The fourth-order valence-corrected chi connectivity index (χ4v) is 2.65. The molecule has 3 aliphatic heterocycles. The minimum atomic E-state index is -0.566. The molecule has 0 aromatic heterocycles. The van der Waals surface area contributed by atoms with Gasteiger partial charge in [0.1, 0.15) is 5.03 Å². The van der Waals surface area contributed by atoms with Crippen molar-refractivity contribution >= 4 is 23.8 Å². The Labute approximate surface area is 109 Å². The van der Waals surface area contributed by atoms with Crippen molar-refractivity contribution in [1.82, 2.24) is 21.0 Å². The highest BCUT2D eigenvalue weighted by molar-refractivity contribution is 6.39. The molecular formula is C10H14ClN5O2. The summed E-state index contributed by atoms with van der Waals surface area (Å²) in [6, 6.07) is 0.00179. The zero-order valence-electron chi connectivity index (χ0n) is 9.65. The van der Waals surface area contributed by atoms with E-state index < -0.39 is 6.03 Å². The molecule has 18 heavy (non-hydrogen) atoms. The highest BCUT2D eigenvalue weighted by Crippen LogP contribution is 2.27. The Morgan fingerprint density at radius 3 is 3.28 bits per heavy atom. The first-order valence-corrected chi connectivity index (χ1v) is 6.29. The van der Waals surface area contributed by atoms with Crippen molar-refractivity contribution in [3.8, 4) is 0 Å². The van der Waals surface area contributed by atoms with Gasteiger partial charge in [0.2, 0.25) is 6.21 Å². The van der Waals surface area contributed by atoms with E-state index in [2.05, 4.69) is 21.0 Å². The molecule has 98 valence electrons. The number of hydrazone groups is 1. The second kappa shape index (κ2) is 4.42. The number of hydrogen-bond acceptors (Lipinski definition) is 4. The van der Waals surface area contributed by atoms with Gasteiger partial charge in [-0.2, -0.15) is 0 Å². The number of urea groups is 1. The maximum atomic E-state index is 11.4. The van der Waals surface area contributed by atoms with E-state index in [0.717, 1.165) is 19.2 Å². The smallest absolute Gasteiger partial charge is 0.373 e. The normalized spacial score (nSPS) is 32.1. The molecule has 0 saturated carbocycles. The summed E-state index contributed by atoms with van der Waals surface area (Å²) >= 11 is 6.01. The second-order valence-electron chi connectivity index (χ2n) is 4.68. The molecule has 0 aromatic carbocycles. The number of carbonyl (C=O) groups excluding carboxylic acids is 1. The fraction of sp³-hybridized carbons (Fsp3) is 0.600. The van der Waals surface area contributed by atoms with Gasteiger partial charge >= 0.3 is 6.03 Å². The first kappa shape index (κ1) is 11.8. The molecule has 7 nitrogen and oxygen atoms in total. The molecule has 2 saturated heterocycles. The SMILES string of the molecule is O=C1NC(CN2CCCC3N[C@H]32)=C(Cl)C=[N+]([O-])N1. The van der Waals surface area contributed by atoms with Crippen molar-refractivity contribution in [2.45, 2.75) is 25.0 Å². The molecule has 3 rings (SSSR count). The third kappa shape index (κ3) is 2.29. The summed E-state index contributed by atoms with van der Waals surface area (Å²) in [5.74, 6) is 0. The number of piperidine rings is 1. The number of fused-ring (bicyclic) bond motifs is 1. The van der Waals surface area contributed by atoms with Crippen LogP contribution in [0.15, 0.2) is 10.7 Å². The molecule has 0 aromatic rings. The number of allylic oxidation sites excluding steroid dienone is 1. The van der Waals surface area contributed by atoms with Gasteiger partial charge < -0.3 is 10.5 Å². The van der Waals surface area contributed by atoms with E-state index in [-0.39, 0.29) is 5.03 Å². The second-order valence-corrected chi connectivity index (χ2v) is 5.09. The molecule has 2 fully saturated rings. The molecule has 3 heterocycles. The third-order valence-electron chi connectivity index (χ3n) is 3.37. The van der Waals surface area contributed by atoms with E-state index in [0.29, 0.717) is 29.3 Å². The minimum absolute atomic E-state index is 0.256. The minimum Gasteiger partial charge on any atom is -0.596 e. The molecule has 0 radical (unpaired) electrons. The van der Waals surface area contributed by atoms with Crippen LogP contribution in [-0.2, 0) is 0 Å². The van der Waals surface area contributed by atoms with E-state index in [1.54, 1.807) is 0 Å². The number of hydrogen-bond donors (Lipinski definition) is 3. The molecule has 2 atom stereocenters. The summed E-state index contributed by atoms with van der Waals surface area (Å²) in [6.45, 7) is 1.50. The maximum Gasteiger partial charge on any atom is 0.373 e. The predicted molar refractivity (Wildman–Crippen MR) is 65.8 cm³/mol. The van der Waals surface area contributed by atoms with Gasteiger partial charge in [0.05, 0.1) is 11.9 Å². The summed E-state index contributed by atoms with van der Waals surface area (Å²) < 4.78 is 0. The van der Waals surface area contributed by atoms with Crippen molar-refractivity contribution < 1.29 is 9.64 Å². The number of nitrogens with one attached hydrogen (secondary N) is 3. The number of nitrogens with zero attached hydrogens (tertiary/aromatic N) is 2. The average Bonchev–Trinajstić information content (AvgIpc) is 3.07. The first-order chi connectivity index (χ1) is 8.63. The van der Waals surface area contributed by atoms with Gasteiger partial charge in [-0.15, -0.1) is 0 Å². The molecule has 1 unspecified atom stereocenters. The van der Waals surface area contributed by atoms with Crippen molar-refractivity contribution in [3.63, 3.8) is 0 Å². The number of hydrazine groups is 1. The van der Waals surface area contributed by atoms with Crippen LogP contribution in [-0.4, -0.2) is 47.3 Å². The number of carbonyl (C=O) groups is 1. The molecule has 0 bridgehead atoms. The largest absolute Gasteiger partial charge is 0.596 e. The van der Waals surface area contributed by atoms with E-state index >= 15 is 0 Å². The van der Waals surface area contributed by atoms with Gasteiger partial charge in [0.15, 0.2) is 0 Å². The van der Waals surface area contributed by atoms with Crippen LogP contribution in [0.2, 0.25) is 0 Å². The van der Waals surface area contributed by atoms with E-state index in [1.807, 2.05) is 0 Å². The van der Waals surface area contributed by atoms with Crippen molar-refractivity contribution in [3.05, 3.63) is 15.9 Å². The molecule has 3 aliphatic rings. The van der Waals surface area contributed by atoms with Gasteiger partial charge in [0, 0.05) is 19.1 Å². The van der Waals surface area contributed by atoms with Crippen molar-refractivity contribution in [2.75, 3.05) is 13.1 Å². The van der Waals surface area contributed by atoms with Crippen LogP contribution in [0.1, 0.15) is 12.8 Å². The first-order valence-electron chi connectivity index (χ1n) is 5.91. The lowest BCUT2D eigenvalue weighted by molar-refractivity contribution is -0.500. The van der Waals surface area contributed by atoms with Crippen LogP contribution in [0.4, 0.5) is 4.79 Å². The Morgan fingerprint density at radius 1 is 1.61 bits per heavy atom. The summed E-state index contributed by atoms with van der Waals surface area (Å²) in [6.07, 6.45) is 3.86. The Bertz CT molecular complexity index is 450. The van der Waals surface area contributed by atoms with Crippen LogP contribution in [0.25, 0.3) is 0 Å². The lowest BCUT2D eigenvalue weighted by Crippen LogP contribution is -2.42. The monoisotopic (exact) mass is 271 g/mol. The zero-order valence-corrected chi connectivity index (χ0v) is 10.4. The molecule has 0 spiro atoms. The number of amides is 2. The maximum absolute atomic E-state index is 11.4. The Kier molecular flexibility index (Phi) is 2.89. The van der Waals surface area contributed by atoms with Crippen LogP contribution in [0.5, 0.6) is 0 Å². The van der Waals surface area contributed by atoms with Crippen molar-refractivity contribution in [2.24, 2.45) is 0 Å². The zero-order chi connectivity index (χ0) is 12.7. The predicted octanol–water partition coefficient (Wildman–Crippen LogP) is -0.361. The fourth-order valence-electron chi connectivity index (χ4n) is 2.45. The van der Waals surface area contributed by atoms with Gasteiger partial charge in [-0.1, -0.05) is 21.9 Å². The standard InChI is InChI=1S/C10H14ClN5O2/c11-6-4-16(18)14-10(17)13-8(6)5-15-3-1-2-7-9(15)12-7/h4,7,9,12H,1-3,5H2,(H2,13,14,17)/t7?,9-/m0/s1. The number of likely N-dealkylation sites (tertiary alicyclic amines) is 1. The molecule has 2 amide bonds.